The van der Waals surface area contributed by atoms with Gasteiger partial charge in [-0.1, -0.05) is 29.4 Å². The number of benzene rings is 1. The molecule has 2 aromatic heterocycles. The van der Waals surface area contributed by atoms with Crippen molar-refractivity contribution in [1.29, 1.82) is 5.26 Å². The predicted molar refractivity (Wildman–Crippen MR) is 83.2 cm³/mol. The quantitative estimate of drug-likeness (QED) is 0.671. The third-order valence-corrected chi connectivity index (χ3v) is 4.94. The van der Waals surface area contributed by atoms with E-state index >= 15 is 0 Å². The molecular weight excluding hydrogens is 328 g/mol. The molecule has 0 atom stereocenters. The first kappa shape index (κ1) is 14.1. The Morgan fingerprint density at radius 2 is 2.24 bits per heavy atom. The molecule has 8 heteroatoms. The van der Waals surface area contributed by atoms with Crippen molar-refractivity contribution >= 4 is 45.0 Å². The highest BCUT2D eigenvalue weighted by atomic mass is 35.5. The van der Waals surface area contributed by atoms with E-state index in [0.29, 0.717) is 22.3 Å². The predicted octanol–water partition coefficient (Wildman–Crippen LogP) is 4.13. The summed E-state index contributed by atoms with van der Waals surface area (Å²) in [6.07, 6.45) is 3.33. The van der Waals surface area contributed by atoms with Crippen molar-refractivity contribution in [1.82, 2.24) is 15.0 Å². The zero-order valence-corrected chi connectivity index (χ0v) is 13.1. The van der Waals surface area contributed by atoms with Gasteiger partial charge in [-0.25, -0.2) is 15.0 Å². The summed E-state index contributed by atoms with van der Waals surface area (Å²) in [6.45, 7) is 0. The van der Waals surface area contributed by atoms with Crippen LogP contribution in [0.3, 0.4) is 0 Å². The number of thiazole rings is 1. The Balaban J connectivity index is 2.09. The molecule has 0 amide bonds. The summed E-state index contributed by atoms with van der Waals surface area (Å²) >= 11 is 8.97. The molecular formula is C13H7ClN4OS2. The highest BCUT2D eigenvalue weighted by molar-refractivity contribution is 8.00. The summed E-state index contributed by atoms with van der Waals surface area (Å²) in [4.78, 5) is 12.6. The molecule has 21 heavy (non-hydrogen) atoms. The lowest BCUT2D eigenvalue weighted by Crippen LogP contribution is -1.92. The zero-order chi connectivity index (χ0) is 14.8. The second-order valence-corrected chi connectivity index (χ2v) is 6.30. The Bertz CT molecular complexity index is 859. The van der Waals surface area contributed by atoms with Gasteiger partial charge in [-0.15, -0.1) is 11.3 Å². The van der Waals surface area contributed by atoms with Gasteiger partial charge in [0.05, 0.1) is 5.02 Å². The van der Waals surface area contributed by atoms with E-state index in [2.05, 4.69) is 15.0 Å². The van der Waals surface area contributed by atoms with Crippen molar-refractivity contribution in [3.63, 3.8) is 0 Å². The third-order valence-electron chi connectivity index (χ3n) is 2.61. The lowest BCUT2D eigenvalue weighted by molar-refractivity contribution is 0.467. The number of nitriles is 1. The number of thioether (sulfide) groups is 1. The summed E-state index contributed by atoms with van der Waals surface area (Å²) in [5.41, 5.74) is 0.857. The van der Waals surface area contributed by atoms with Gasteiger partial charge in [0.1, 0.15) is 28.4 Å². The van der Waals surface area contributed by atoms with Crippen LogP contribution in [0.5, 0.6) is 11.6 Å². The summed E-state index contributed by atoms with van der Waals surface area (Å²) in [6, 6.07) is 7.07. The van der Waals surface area contributed by atoms with Crippen molar-refractivity contribution in [2.24, 2.45) is 0 Å². The first-order valence-electron chi connectivity index (χ1n) is 5.75. The number of ether oxygens (including phenoxy) is 1. The van der Waals surface area contributed by atoms with Gasteiger partial charge in [0.25, 0.3) is 0 Å². The highest BCUT2D eigenvalue weighted by Gasteiger charge is 2.14. The molecule has 0 aliphatic heterocycles. The van der Waals surface area contributed by atoms with Gasteiger partial charge in [-0.3, -0.25) is 0 Å². The lowest BCUT2D eigenvalue weighted by Gasteiger charge is -2.07. The fraction of sp³-hybridized carbons (Fsp3) is 0.0769. The van der Waals surface area contributed by atoms with E-state index in [0.717, 1.165) is 9.04 Å². The van der Waals surface area contributed by atoms with E-state index in [4.69, 9.17) is 16.3 Å². The molecule has 1 aromatic carbocycles. The summed E-state index contributed by atoms with van der Waals surface area (Å²) in [5, 5.41) is 9.51. The first-order chi connectivity index (χ1) is 10.2. The minimum absolute atomic E-state index is 0.278. The molecule has 0 aliphatic carbocycles. The molecule has 0 unspecified atom stereocenters. The second-order valence-electron chi connectivity index (χ2n) is 3.84. The molecule has 0 radical (unpaired) electrons. The number of hydrogen-bond acceptors (Lipinski definition) is 7. The van der Waals surface area contributed by atoms with Crippen LogP contribution in [0, 0.1) is 11.3 Å². The third kappa shape index (κ3) is 2.65. The van der Waals surface area contributed by atoms with Crippen LogP contribution in [0.15, 0.2) is 28.9 Å². The molecule has 0 saturated carbocycles. The maximum atomic E-state index is 9.17. The van der Waals surface area contributed by atoms with Crippen LogP contribution in [0.25, 0.3) is 10.3 Å². The number of rotatable bonds is 3. The molecule has 0 saturated heterocycles. The van der Waals surface area contributed by atoms with Gasteiger partial charge in [0.2, 0.25) is 5.88 Å². The van der Waals surface area contributed by atoms with E-state index in [1.54, 1.807) is 18.2 Å². The lowest BCUT2D eigenvalue weighted by atomic mass is 10.2. The Hall–Kier alpha value is -1.88. The van der Waals surface area contributed by atoms with E-state index in [1.807, 2.05) is 12.3 Å². The Kier molecular flexibility index (Phi) is 3.92. The second kappa shape index (κ2) is 5.85. The standard InChI is InChI=1S/C13H7ClN4OS2/c1-20-13-18-11-10(21-13)12(17-6-16-11)19-9-4-2-3-8(14)7(9)5-15/h2-4,6H,1H3. The molecule has 104 valence electrons. The Morgan fingerprint density at radius 3 is 3.00 bits per heavy atom. The molecule has 0 N–H and O–H groups in total. The van der Waals surface area contributed by atoms with E-state index in [9.17, 15) is 5.26 Å². The Morgan fingerprint density at radius 1 is 1.38 bits per heavy atom. The van der Waals surface area contributed by atoms with Crippen LogP contribution < -0.4 is 4.74 Å². The summed E-state index contributed by atoms with van der Waals surface area (Å²) in [7, 11) is 0. The van der Waals surface area contributed by atoms with Crippen LogP contribution >= 0.6 is 34.7 Å². The van der Waals surface area contributed by atoms with Gasteiger partial charge in [-0.05, 0) is 18.4 Å². The van der Waals surface area contributed by atoms with Crippen LogP contribution in [-0.4, -0.2) is 21.2 Å². The minimum atomic E-state index is 0.278. The average Bonchev–Trinajstić information content (AvgIpc) is 2.92. The highest BCUT2D eigenvalue weighted by Crippen LogP contribution is 2.36. The van der Waals surface area contributed by atoms with Crippen molar-refractivity contribution < 1.29 is 4.74 Å². The normalized spacial score (nSPS) is 10.5. The summed E-state index contributed by atoms with van der Waals surface area (Å²) < 4.78 is 7.37. The molecule has 2 heterocycles. The van der Waals surface area contributed by atoms with Crippen molar-refractivity contribution in [3.05, 3.63) is 35.1 Å². The zero-order valence-electron chi connectivity index (χ0n) is 10.7. The topological polar surface area (TPSA) is 71.7 Å². The number of fused-ring (bicyclic) bond motifs is 1. The molecule has 0 aliphatic rings. The molecule has 0 fully saturated rings. The fourth-order valence-electron chi connectivity index (χ4n) is 1.68. The van der Waals surface area contributed by atoms with Crippen LogP contribution in [-0.2, 0) is 0 Å². The molecule has 3 rings (SSSR count). The monoisotopic (exact) mass is 334 g/mol. The van der Waals surface area contributed by atoms with Gasteiger partial charge in [0, 0.05) is 0 Å². The van der Waals surface area contributed by atoms with Crippen molar-refractivity contribution in [3.8, 4) is 17.7 Å². The Labute approximate surface area is 133 Å². The summed E-state index contributed by atoms with van der Waals surface area (Å²) in [5.74, 6) is 0.737. The largest absolute Gasteiger partial charge is 0.436 e. The first-order valence-corrected chi connectivity index (χ1v) is 8.17. The van der Waals surface area contributed by atoms with Crippen molar-refractivity contribution in [2.45, 2.75) is 4.34 Å². The van der Waals surface area contributed by atoms with Crippen molar-refractivity contribution in [2.75, 3.05) is 6.26 Å². The van der Waals surface area contributed by atoms with Crippen LogP contribution in [0.1, 0.15) is 5.56 Å². The molecule has 0 spiro atoms. The fourth-order valence-corrected chi connectivity index (χ4v) is 3.32. The van der Waals surface area contributed by atoms with Crippen LogP contribution in [0.2, 0.25) is 5.02 Å². The van der Waals surface area contributed by atoms with Crippen LogP contribution in [0.4, 0.5) is 0 Å². The van der Waals surface area contributed by atoms with Gasteiger partial charge >= 0.3 is 0 Å². The van der Waals surface area contributed by atoms with E-state index in [1.165, 1.54) is 29.4 Å². The molecule has 5 nitrogen and oxygen atoms in total. The maximum absolute atomic E-state index is 9.17. The van der Waals surface area contributed by atoms with E-state index in [-0.39, 0.29) is 5.56 Å². The maximum Gasteiger partial charge on any atom is 0.242 e. The van der Waals surface area contributed by atoms with Gasteiger partial charge in [-0.2, -0.15) is 5.26 Å². The average molecular weight is 335 g/mol. The molecule has 0 bridgehead atoms. The SMILES string of the molecule is CSc1nc2ncnc(Oc3cccc(Cl)c3C#N)c2s1. The number of halogens is 1. The van der Waals surface area contributed by atoms with Gasteiger partial charge in [0.15, 0.2) is 9.99 Å². The molecule has 3 aromatic rings. The number of nitrogens with zero attached hydrogens (tertiary/aromatic N) is 4. The smallest absolute Gasteiger partial charge is 0.242 e. The van der Waals surface area contributed by atoms with Gasteiger partial charge < -0.3 is 4.74 Å². The minimum Gasteiger partial charge on any atom is -0.436 e. The number of aromatic nitrogens is 3. The van der Waals surface area contributed by atoms with E-state index < -0.39 is 0 Å². The number of hydrogen-bond donors (Lipinski definition) is 0.